The van der Waals surface area contributed by atoms with Gasteiger partial charge >= 0.3 is 0 Å². The molecule has 2 aromatic carbocycles. The molecule has 2 rings (SSSR count). The molecule has 1 amide bonds. The number of methoxy groups -OCH3 is 1. The molecule has 11 heteroatoms. The van der Waals surface area contributed by atoms with Gasteiger partial charge in [-0.15, -0.1) is 0 Å². The van der Waals surface area contributed by atoms with Gasteiger partial charge in [-0.25, -0.2) is 0 Å². The highest BCUT2D eigenvalue weighted by molar-refractivity contribution is 7.80. The van der Waals surface area contributed by atoms with Crippen LogP contribution in [0.5, 0.6) is 5.75 Å². The molecular formula is C15H12N4O6S. The Labute approximate surface area is 152 Å². The number of thiocarbonyl (C=S) groups is 1. The summed E-state index contributed by atoms with van der Waals surface area (Å²) < 4.78 is 5.06. The Morgan fingerprint density at radius 1 is 1.04 bits per heavy atom. The van der Waals surface area contributed by atoms with Crippen molar-refractivity contribution in [3.05, 3.63) is 68.3 Å². The van der Waals surface area contributed by atoms with Gasteiger partial charge in [-0.2, -0.15) is 0 Å². The van der Waals surface area contributed by atoms with E-state index < -0.39 is 15.8 Å². The van der Waals surface area contributed by atoms with E-state index in [2.05, 4.69) is 10.6 Å². The van der Waals surface area contributed by atoms with Crippen LogP contribution < -0.4 is 15.4 Å². The first kappa shape index (κ1) is 18.7. The third-order valence-corrected chi connectivity index (χ3v) is 3.42. The number of nitro groups is 2. The van der Waals surface area contributed by atoms with Gasteiger partial charge in [0.15, 0.2) is 5.11 Å². The molecule has 0 bridgehead atoms. The summed E-state index contributed by atoms with van der Waals surface area (Å²) in [5.41, 5.74) is 0.202. The maximum Gasteiger partial charge on any atom is 0.273 e. The van der Waals surface area contributed by atoms with Crippen LogP contribution in [0.3, 0.4) is 0 Å². The van der Waals surface area contributed by atoms with E-state index in [0.29, 0.717) is 5.69 Å². The van der Waals surface area contributed by atoms with Gasteiger partial charge < -0.3 is 10.1 Å². The molecule has 0 saturated heterocycles. The highest BCUT2D eigenvalue weighted by Crippen LogP contribution is 2.28. The van der Waals surface area contributed by atoms with E-state index in [1.165, 1.54) is 49.6 Å². The van der Waals surface area contributed by atoms with Gasteiger partial charge in [0.25, 0.3) is 17.3 Å². The van der Waals surface area contributed by atoms with Crippen LogP contribution in [0.15, 0.2) is 42.5 Å². The van der Waals surface area contributed by atoms with Crippen molar-refractivity contribution in [1.29, 1.82) is 0 Å². The number of nitro benzene ring substituents is 2. The Morgan fingerprint density at radius 3 is 2.15 bits per heavy atom. The lowest BCUT2D eigenvalue weighted by molar-refractivity contribution is -0.385. The van der Waals surface area contributed by atoms with Crippen molar-refractivity contribution in [3.8, 4) is 5.75 Å². The Morgan fingerprint density at radius 2 is 1.62 bits per heavy atom. The predicted octanol–water partition coefficient (Wildman–Crippen LogP) is 2.64. The standard InChI is InChI=1S/C15H12N4O6S/c1-25-13-8-11(19(23)24)6-7-12(13)16-15(26)17-14(20)9-2-4-10(5-3-9)18(21)22/h2-8H,1H3,(H2,16,17,20,26). The van der Waals surface area contributed by atoms with Gasteiger partial charge in [-0.05, 0) is 30.4 Å². The SMILES string of the molecule is COc1cc([N+](=O)[O-])ccc1NC(=S)NC(=O)c1ccc([N+](=O)[O-])cc1. The number of non-ortho nitro benzene ring substituents is 2. The fourth-order valence-electron chi connectivity index (χ4n) is 1.96. The lowest BCUT2D eigenvalue weighted by Crippen LogP contribution is -2.34. The van der Waals surface area contributed by atoms with E-state index in [9.17, 15) is 25.0 Å². The normalized spacial score (nSPS) is 9.88. The molecule has 0 spiro atoms. The van der Waals surface area contributed by atoms with Crippen molar-refractivity contribution in [2.24, 2.45) is 0 Å². The summed E-state index contributed by atoms with van der Waals surface area (Å²) in [4.78, 5) is 32.3. The molecule has 134 valence electrons. The van der Waals surface area contributed by atoms with Crippen LogP contribution >= 0.6 is 12.2 Å². The van der Waals surface area contributed by atoms with Gasteiger partial charge in [0.2, 0.25) is 0 Å². The zero-order valence-corrected chi connectivity index (χ0v) is 14.1. The first-order valence-corrected chi connectivity index (χ1v) is 7.42. The van der Waals surface area contributed by atoms with Crippen LogP contribution in [0.2, 0.25) is 0 Å². The van der Waals surface area contributed by atoms with Crippen LogP contribution in [0.25, 0.3) is 0 Å². The Kier molecular flexibility index (Phi) is 5.75. The van der Waals surface area contributed by atoms with E-state index in [1.54, 1.807) is 0 Å². The largest absolute Gasteiger partial charge is 0.494 e. The molecule has 0 saturated carbocycles. The zero-order chi connectivity index (χ0) is 19.3. The first-order valence-electron chi connectivity index (χ1n) is 7.01. The fraction of sp³-hybridized carbons (Fsp3) is 0.0667. The van der Waals surface area contributed by atoms with Crippen LogP contribution in [-0.2, 0) is 0 Å². The molecule has 0 aromatic heterocycles. The molecule has 2 aromatic rings. The molecule has 10 nitrogen and oxygen atoms in total. The van der Waals surface area contributed by atoms with Gasteiger partial charge in [0.1, 0.15) is 5.75 Å². The van der Waals surface area contributed by atoms with Gasteiger partial charge in [0, 0.05) is 23.8 Å². The molecule has 0 heterocycles. The van der Waals surface area contributed by atoms with Gasteiger partial charge in [-0.3, -0.25) is 30.3 Å². The summed E-state index contributed by atoms with van der Waals surface area (Å²) in [6, 6.07) is 8.84. The van der Waals surface area contributed by atoms with Crippen molar-refractivity contribution in [3.63, 3.8) is 0 Å². The highest BCUT2D eigenvalue weighted by atomic mass is 32.1. The Bertz CT molecular complexity index is 884. The summed E-state index contributed by atoms with van der Waals surface area (Å²) >= 11 is 5.03. The van der Waals surface area contributed by atoms with Crippen LogP contribution in [0.1, 0.15) is 10.4 Å². The maximum absolute atomic E-state index is 12.1. The quantitative estimate of drug-likeness (QED) is 0.461. The third-order valence-electron chi connectivity index (χ3n) is 3.21. The topological polar surface area (TPSA) is 137 Å². The van der Waals surface area contributed by atoms with Crippen LogP contribution in [0, 0.1) is 20.2 Å². The summed E-state index contributed by atoms with van der Waals surface area (Å²) in [5.74, 6) is -0.399. The number of ether oxygens (including phenoxy) is 1. The monoisotopic (exact) mass is 376 g/mol. The molecule has 0 aliphatic carbocycles. The summed E-state index contributed by atoms with van der Waals surface area (Å²) in [7, 11) is 1.34. The number of benzene rings is 2. The maximum atomic E-state index is 12.1. The number of carbonyl (C=O) groups excluding carboxylic acids is 1. The smallest absolute Gasteiger partial charge is 0.273 e. The van der Waals surface area contributed by atoms with E-state index in [0.717, 1.165) is 0 Å². The average molecular weight is 376 g/mol. The lowest BCUT2D eigenvalue weighted by atomic mass is 10.2. The Hall–Kier alpha value is -3.60. The molecule has 0 aliphatic heterocycles. The minimum Gasteiger partial charge on any atom is -0.494 e. The summed E-state index contributed by atoms with van der Waals surface area (Å²) in [6.07, 6.45) is 0. The fourth-order valence-corrected chi connectivity index (χ4v) is 2.16. The van der Waals surface area contributed by atoms with Gasteiger partial charge in [-0.1, -0.05) is 0 Å². The highest BCUT2D eigenvalue weighted by Gasteiger charge is 2.14. The number of carbonyl (C=O) groups is 1. The van der Waals surface area contributed by atoms with Crippen LogP contribution in [-0.4, -0.2) is 28.0 Å². The second-order valence-corrected chi connectivity index (χ2v) is 5.26. The van der Waals surface area contributed by atoms with Crippen molar-refractivity contribution in [1.82, 2.24) is 5.32 Å². The third kappa shape index (κ3) is 4.48. The second-order valence-electron chi connectivity index (χ2n) is 4.85. The Balaban J connectivity index is 2.07. The minimum absolute atomic E-state index is 0.0690. The number of amides is 1. The summed E-state index contributed by atoms with van der Waals surface area (Å²) in [6.45, 7) is 0. The molecule has 0 radical (unpaired) electrons. The van der Waals surface area contributed by atoms with E-state index in [-0.39, 0.29) is 27.8 Å². The van der Waals surface area contributed by atoms with E-state index in [4.69, 9.17) is 17.0 Å². The van der Waals surface area contributed by atoms with Gasteiger partial charge in [0.05, 0.1) is 28.7 Å². The number of rotatable bonds is 5. The lowest BCUT2D eigenvalue weighted by Gasteiger charge is -2.12. The average Bonchev–Trinajstić information content (AvgIpc) is 2.61. The number of anilines is 1. The molecule has 0 atom stereocenters. The van der Waals surface area contributed by atoms with Crippen molar-refractivity contribution < 1.29 is 19.4 Å². The zero-order valence-electron chi connectivity index (χ0n) is 13.3. The molecule has 0 unspecified atom stereocenters. The number of nitrogens with zero attached hydrogens (tertiary/aromatic N) is 2. The summed E-state index contributed by atoms with van der Waals surface area (Å²) in [5, 5.41) is 26.4. The van der Waals surface area contributed by atoms with Crippen molar-refractivity contribution in [2.45, 2.75) is 0 Å². The number of nitrogens with one attached hydrogen (secondary N) is 2. The molecule has 0 aliphatic rings. The molecule has 26 heavy (non-hydrogen) atoms. The first-order chi connectivity index (χ1) is 12.3. The second kappa shape index (κ2) is 7.98. The van der Waals surface area contributed by atoms with E-state index >= 15 is 0 Å². The van der Waals surface area contributed by atoms with Crippen LogP contribution in [0.4, 0.5) is 17.1 Å². The predicted molar refractivity (Wildman–Crippen MR) is 96.4 cm³/mol. The number of hydrogen-bond acceptors (Lipinski definition) is 7. The van der Waals surface area contributed by atoms with Crippen molar-refractivity contribution in [2.75, 3.05) is 12.4 Å². The molecule has 2 N–H and O–H groups in total. The number of hydrogen-bond donors (Lipinski definition) is 2. The molecule has 0 fully saturated rings. The van der Waals surface area contributed by atoms with E-state index in [1.807, 2.05) is 0 Å². The minimum atomic E-state index is -0.575. The molecular weight excluding hydrogens is 364 g/mol. The van der Waals surface area contributed by atoms with Crippen molar-refractivity contribution >= 4 is 40.3 Å².